The van der Waals surface area contributed by atoms with Gasteiger partial charge in [0.1, 0.15) is 11.4 Å². The predicted molar refractivity (Wildman–Crippen MR) is 99.4 cm³/mol. The van der Waals surface area contributed by atoms with E-state index in [1.165, 1.54) is 5.56 Å². The average Bonchev–Trinajstić information content (AvgIpc) is 2.60. The molecule has 6 heteroatoms. The van der Waals surface area contributed by atoms with Crippen molar-refractivity contribution >= 4 is 6.09 Å². The number of nitrogens with zero attached hydrogens (tertiary/aromatic N) is 2. The minimum atomic E-state index is -0.483. The van der Waals surface area contributed by atoms with Crippen LogP contribution in [0.4, 0.5) is 4.79 Å². The first-order valence-corrected chi connectivity index (χ1v) is 9.35. The highest BCUT2D eigenvalue weighted by molar-refractivity contribution is 5.68. The molecule has 1 aromatic carbocycles. The van der Waals surface area contributed by atoms with Gasteiger partial charge < -0.3 is 19.5 Å². The van der Waals surface area contributed by atoms with E-state index in [0.29, 0.717) is 13.1 Å². The predicted octanol–water partition coefficient (Wildman–Crippen LogP) is 2.60. The molecule has 26 heavy (non-hydrogen) atoms. The minimum Gasteiger partial charge on any atom is -0.497 e. The highest BCUT2D eigenvalue weighted by Gasteiger charge is 2.36. The highest BCUT2D eigenvalue weighted by Crippen LogP contribution is 2.37. The van der Waals surface area contributed by atoms with E-state index in [2.05, 4.69) is 11.0 Å². The second kappa shape index (κ2) is 7.45. The summed E-state index contributed by atoms with van der Waals surface area (Å²) in [5.41, 5.74) is 1.94. The quantitative estimate of drug-likeness (QED) is 0.876. The van der Waals surface area contributed by atoms with Gasteiger partial charge in [-0.15, -0.1) is 0 Å². The minimum absolute atomic E-state index is 0.0466. The highest BCUT2D eigenvalue weighted by atomic mass is 16.6. The second-order valence-electron chi connectivity index (χ2n) is 8.12. The van der Waals surface area contributed by atoms with Gasteiger partial charge in [-0.1, -0.05) is 6.07 Å². The Labute approximate surface area is 155 Å². The van der Waals surface area contributed by atoms with E-state index < -0.39 is 11.7 Å². The Hall–Kier alpha value is -1.79. The van der Waals surface area contributed by atoms with Crippen LogP contribution in [0.25, 0.3) is 0 Å². The van der Waals surface area contributed by atoms with Crippen LogP contribution in [-0.4, -0.2) is 66.0 Å². The summed E-state index contributed by atoms with van der Waals surface area (Å²) >= 11 is 0. The van der Waals surface area contributed by atoms with E-state index in [9.17, 15) is 9.90 Å². The van der Waals surface area contributed by atoms with Gasteiger partial charge in [-0.3, -0.25) is 4.90 Å². The summed E-state index contributed by atoms with van der Waals surface area (Å²) in [6, 6.07) is 6.08. The van der Waals surface area contributed by atoms with Gasteiger partial charge in [0.05, 0.1) is 19.3 Å². The number of rotatable bonds is 2. The van der Waals surface area contributed by atoms with Crippen molar-refractivity contribution in [2.24, 2.45) is 0 Å². The number of hydrogen-bond acceptors (Lipinski definition) is 5. The number of benzene rings is 1. The zero-order chi connectivity index (χ0) is 18.9. The third kappa shape index (κ3) is 4.13. The van der Waals surface area contributed by atoms with Crippen molar-refractivity contribution in [3.63, 3.8) is 0 Å². The first-order chi connectivity index (χ1) is 12.3. The summed E-state index contributed by atoms with van der Waals surface area (Å²) in [6.07, 6.45) is 0.983. The number of aliphatic hydroxyl groups excluding tert-OH is 1. The summed E-state index contributed by atoms with van der Waals surface area (Å²) < 4.78 is 10.8. The SMILES string of the molecule is COc1ccc2c(c1)C(N1CCN(C(=O)OC(C)(C)C)CC1)C(O)CC2. The number of fused-ring (bicyclic) bond motifs is 1. The maximum absolute atomic E-state index is 12.3. The first kappa shape index (κ1) is 19.0. The molecule has 2 aliphatic rings. The van der Waals surface area contributed by atoms with Crippen LogP contribution in [-0.2, 0) is 11.2 Å². The van der Waals surface area contributed by atoms with Gasteiger partial charge in [0.15, 0.2) is 0 Å². The normalized spacial score (nSPS) is 24.1. The maximum atomic E-state index is 12.3. The molecule has 2 atom stereocenters. The number of piperazine rings is 1. The largest absolute Gasteiger partial charge is 0.497 e. The van der Waals surface area contributed by atoms with Crippen LogP contribution in [0.15, 0.2) is 18.2 Å². The lowest BCUT2D eigenvalue weighted by molar-refractivity contribution is -0.00970. The Balaban J connectivity index is 1.70. The maximum Gasteiger partial charge on any atom is 0.410 e. The monoisotopic (exact) mass is 362 g/mol. The summed E-state index contributed by atoms with van der Waals surface area (Å²) in [4.78, 5) is 16.3. The molecule has 0 saturated carbocycles. The smallest absolute Gasteiger partial charge is 0.410 e. The van der Waals surface area contributed by atoms with Crippen LogP contribution < -0.4 is 4.74 Å². The number of amides is 1. The third-order valence-corrected chi connectivity index (χ3v) is 5.10. The van der Waals surface area contributed by atoms with Gasteiger partial charge in [0.25, 0.3) is 0 Å². The van der Waals surface area contributed by atoms with E-state index >= 15 is 0 Å². The third-order valence-electron chi connectivity index (χ3n) is 5.10. The lowest BCUT2D eigenvalue weighted by Gasteiger charge is -2.43. The number of hydrogen-bond donors (Lipinski definition) is 1. The molecule has 144 valence electrons. The summed E-state index contributed by atoms with van der Waals surface area (Å²) in [5, 5.41) is 10.7. The molecule has 0 spiro atoms. The zero-order valence-corrected chi connectivity index (χ0v) is 16.2. The molecule has 1 aliphatic carbocycles. The van der Waals surface area contributed by atoms with Crippen LogP contribution in [0.2, 0.25) is 0 Å². The van der Waals surface area contributed by atoms with Gasteiger partial charge >= 0.3 is 6.09 Å². The molecule has 1 fully saturated rings. The summed E-state index contributed by atoms with van der Waals surface area (Å²) in [7, 11) is 1.66. The number of aliphatic hydroxyl groups is 1. The van der Waals surface area contributed by atoms with Gasteiger partial charge in [-0.2, -0.15) is 0 Å². The molecule has 2 unspecified atom stereocenters. The molecule has 0 bridgehead atoms. The molecule has 1 heterocycles. The van der Waals surface area contributed by atoms with Crippen LogP contribution in [0.1, 0.15) is 44.4 Å². The molecule has 0 aromatic heterocycles. The summed E-state index contributed by atoms with van der Waals surface area (Å²) in [5.74, 6) is 0.815. The Bertz CT molecular complexity index is 648. The number of carbonyl (C=O) groups excluding carboxylic acids is 1. The van der Waals surface area contributed by atoms with Crippen molar-refractivity contribution in [2.45, 2.75) is 51.4 Å². The van der Waals surface area contributed by atoms with Crippen molar-refractivity contribution in [2.75, 3.05) is 33.3 Å². The Morgan fingerprint density at radius 1 is 1.19 bits per heavy atom. The second-order valence-corrected chi connectivity index (χ2v) is 8.12. The molecule has 1 aromatic rings. The molecule has 1 amide bonds. The van der Waals surface area contributed by atoms with Crippen molar-refractivity contribution < 1.29 is 19.4 Å². The number of carbonyl (C=O) groups is 1. The average molecular weight is 362 g/mol. The van der Waals surface area contributed by atoms with Crippen LogP contribution in [0, 0.1) is 0 Å². The molecule has 1 aliphatic heterocycles. The van der Waals surface area contributed by atoms with E-state index in [-0.39, 0.29) is 12.1 Å². The number of ether oxygens (including phenoxy) is 2. The Morgan fingerprint density at radius 3 is 2.50 bits per heavy atom. The van der Waals surface area contributed by atoms with E-state index in [4.69, 9.17) is 9.47 Å². The fourth-order valence-electron chi connectivity index (χ4n) is 3.82. The van der Waals surface area contributed by atoms with Crippen LogP contribution in [0.5, 0.6) is 5.75 Å². The Kier molecular flexibility index (Phi) is 5.44. The molecule has 3 rings (SSSR count). The van der Waals surface area contributed by atoms with Gasteiger partial charge in [0.2, 0.25) is 0 Å². The van der Waals surface area contributed by atoms with Crippen molar-refractivity contribution in [1.82, 2.24) is 9.80 Å². The molecule has 0 radical (unpaired) electrons. The van der Waals surface area contributed by atoms with Gasteiger partial charge in [-0.05, 0) is 56.9 Å². The van der Waals surface area contributed by atoms with Gasteiger partial charge in [0, 0.05) is 26.2 Å². The van der Waals surface area contributed by atoms with E-state index in [1.54, 1.807) is 12.0 Å². The topological polar surface area (TPSA) is 62.2 Å². The molecular weight excluding hydrogens is 332 g/mol. The number of aryl methyl sites for hydroxylation is 1. The van der Waals surface area contributed by atoms with Crippen LogP contribution >= 0.6 is 0 Å². The van der Waals surface area contributed by atoms with E-state index in [0.717, 1.165) is 37.2 Å². The van der Waals surface area contributed by atoms with Gasteiger partial charge in [-0.25, -0.2) is 4.79 Å². The lowest BCUT2D eigenvalue weighted by Crippen LogP contribution is -2.53. The zero-order valence-electron chi connectivity index (χ0n) is 16.2. The van der Waals surface area contributed by atoms with Crippen molar-refractivity contribution in [1.29, 1.82) is 0 Å². The summed E-state index contributed by atoms with van der Waals surface area (Å²) in [6.45, 7) is 8.29. The molecular formula is C20H30N2O4. The van der Waals surface area contributed by atoms with Crippen molar-refractivity contribution in [3.05, 3.63) is 29.3 Å². The standard InChI is InChI=1S/C20H30N2O4/c1-20(2,3)26-19(24)22-11-9-21(10-12-22)18-16-13-15(25-4)7-5-14(16)6-8-17(18)23/h5,7,13,17-18,23H,6,8-12H2,1-4H3. The van der Waals surface area contributed by atoms with E-state index in [1.807, 2.05) is 32.9 Å². The molecule has 1 saturated heterocycles. The molecule has 1 N–H and O–H groups in total. The fraction of sp³-hybridized carbons (Fsp3) is 0.650. The number of methoxy groups -OCH3 is 1. The lowest BCUT2D eigenvalue weighted by atomic mass is 9.84. The Morgan fingerprint density at radius 2 is 1.88 bits per heavy atom. The van der Waals surface area contributed by atoms with Crippen LogP contribution in [0.3, 0.4) is 0 Å². The fourth-order valence-corrected chi connectivity index (χ4v) is 3.82. The first-order valence-electron chi connectivity index (χ1n) is 9.35. The van der Waals surface area contributed by atoms with Crippen molar-refractivity contribution in [3.8, 4) is 5.75 Å². The molecule has 6 nitrogen and oxygen atoms in total.